The summed E-state index contributed by atoms with van der Waals surface area (Å²) in [6.45, 7) is 3.75. The molecule has 18 heavy (non-hydrogen) atoms. The Balaban J connectivity index is 2.13. The van der Waals surface area contributed by atoms with Gasteiger partial charge in [0.1, 0.15) is 12.2 Å². The number of ether oxygens (including phenoxy) is 1. The lowest BCUT2D eigenvalue weighted by Gasteiger charge is -2.08. The van der Waals surface area contributed by atoms with Crippen molar-refractivity contribution in [2.45, 2.75) is 19.9 Å². The minimum absolute atomic E-state index is 0.0662. The van der Waals surface area contributed by atoms with Gasteiger partial charge in [0.15, 0.2) is 10.8 Å². The van der Waals surface area contributed by atoms with Gasteiger partial charge in [-0.3, -0.25) is 5.10 Å². The van der Waals surface area contributed by atoms with Crippen LogP contribution in [0.15, 0.2) is 6.33 Å². The number of hydrogen-bond donors (Lipinski definition) is 2. The van der Waals surface area contributed by atoms with Crippen LogP contribution >= 0.6 is 11.3 Å². The smallest absolute Gasteiger partial charge is 0.357 e. The number of carbonyl (C=O) groups is 1. The maximum absolute atomic E-state index is 11.4. The molecule has 0 aliphatic heterocycles. The molecule has 2 aromatic heterocycles. The van der Waals surface area contributed by atoms with E-state index in [9.17, 15) is 4.79 Å². The molecule has 2 N–H and O–H groups in total. The van der Waals surface area contributed by atoms with Crippen LogP contribution in [0.25, 0.3) is 0 Å². The molecule has 0 radical (unpaired) electrons. The van der Waals surface area contributed by atoms with Crippen molar-refractivity contribution in [2.24, 2.45) is 0 Å². The van der Waals surface area contributed by atoms with Crippen molar-refractivity contribution in [3.8, 4) is 0 Å². The minimum atomic E-state index is -0.427. The molecule has 0 aromatic carbocycles. The Morgan fingerprint density at radius 1 is 1.61 bits per heavy atom. The molecule has 0 saturated heterocycles. The van der Waals surface area contributed by atoms with Gasteiger partial charge in [0.05, 0.1) is 13.2 Å². The number of hydrogen-bond acceptors (Lipinski definition) is 7. The third-order valence-corrected chi connectivity index (χ3v) is 3.26. The number of aromatic nitrogens is 4. The number of nitrogens with zero attached hydrogens (tertiary/aromatic N) is 3. The van der Waals surface area contributed by atoms with E-state index >= 15 is 0 Å². The molecule has 2 aromatic rings. The Bertz CT molecular complexity index is 536. The highest BCUT2D eigenvalue weighted by Gasteiger charge is 2.17. The van der Waals surface area contributed by atoms with E-state index in [0.29, 0.717) is 16.6 Å². The Labute approximate surface area is 108 Å². The van der Waals surface area contributed by atoms with Gasteiger partial charge in [0.25, 0.3) is 0 Å². The number of aryl methyl sites for hydroxylation is 1. The Kier molecular flexibility index (Phi) is 3.56. The van der Waals surface area contributed by atoms with Crippen LogP contribution in [-0.2, 0) is 4.74 Å². The van der Waals surface area contributed by atoms with Crippen molar-refractivity contribution in [3.63, 3.8) is 0 Å². The van der Waals surface area contributed by atoms with E-state index in [0.717, 1.165) is 4.88 Å². The highest BCUT2D eigenvalue weighted by Crippen LogP contribution is 2.25. The second-order valence-electron chi connectivity index (χ2n) is 3.65. The number of aromatic amines is 1. The number of rotatable bonds is 4. The molecular formula is C10H13N5O2S. The topological polar surface area (TPSA) is 92.8 Å². The van der Waals surface area contributed by atoms with E-state index in [1.807, 2.05) is 13.8 Å². The highest BCUT2D eigenvalue weighted by atomic mass is 32.1. The quantitative estimate of drug-likeness (QED) is 0.816. The van der Waals surface area contributed by atoms with Gasteiger partial charge in [0.2, 0.25) is 0 Å². The van der Waals surface area contributed by atoms with Gasteiger partial charge in [-0.05, 0) is 13.8 Å². The van der Waals surface area contributed by atoms with Gasteiger partial charge < -0.3 is 10.1 Å². The minimum Gasteiger partial charge on any atom is -0.464 e. The summed E-state index contributed by atoms with van der Waals surface area (Å²) in [6.07, 6.45) is 1.44. The molecule has 96 valence electrons. The third-order valence-electron chi connectivity index (χ3n) is 2.36. The number of H-pyrrole nitrogens is 1. The predicted molar refractivity (Wildman–Crippen MR) is 66.6 cm³/mol. The van der Waals surface area contributed by atoms with Gasteiger partial charge in [-0.25, -0.2) is 14.8 Å². The number of methoxy groups -OCH3 is 1. The van der Waals surface area contributed by atoms with Crippen molar-refractivity contribution >= 4 is 22.4 Å². The summed E-state index contributed by atoms with van der Waals surface area (Å²) in [6, 6.07) is -0.0662. The molecule has 0 fully saturated rings. The number of esters is 1. The lowest BCUT2D eigenvalue weighted by atomic mass is 10.3. The summed E-state index contributed by atoms with van der Waals surface area (Å²) in [5.41, 5.74) is 0.342. The molecule has 2 heterocycles. The van der Waals surface area contributed by atoms with Gasteiger partial charge in [-0.1, -0.05) is 0 Å². The van der Waals surface area contributed by atoms with Crippen LogP contribution in [0.5, 0.6) is 0 Å². The number of thiazole rings is 1. The molecule has 1 unspecified atom stereocenters. The van der Waals surface area contributed by atoms with Crippen LogP contribution in [-0.4, -0.2) is 33.2 Å². The Morgan fingerprint density at radius 2 is 2.39 bits per heavy atom. The van der Waals surface area contributed by atoms with Gasteiger partial charge >= 0.3 is 5.97 Å². The van der Waals surface area contributed by atoms with E-state index in [1.54, 1.807) is 0 Å². The highest BCUT2D eigenvalue weighted by molar-refractivity contribution is 7.15. The summed E-state index contributed by atoms with van der Waals surface area (Å²) >= 11 is 1.40. The maximum Gasteiger partial charge on any atom is 0.357 e. The Hall–Kier alpha value is -1.96. The molecular weight excluding hydrogens is 254 g/mol. The maximum atomic E-state index is 11.4. The molecule has 7 nitrogen and oxygen atoms in total. The zero-order valence-electron chi connectivity index (χ0n) is 10.2. The number of carbonyl (C=O) groups excluding carboxylic acids is 1. The van der Waals surface area contributed by atoms with Crippen LogP contribution in [0.4, 0.5) is 5.13 Å². The van der Waals surface area contributed by atoms with E-state index in [-0.39, 0.29) is 6.04 Å². The first-order valence-electron chi connectivity index (χ1n) is 5.29. The van der Waals surface area contributed by atoms with Crippen molar-refractivity contribution in [2.75, 3.05) is 12.4 Å². The normalized spacial score (nSPS) is 12.2. The molecule has 2 rings (SSSR count). The van der Waals surface area contributed by atoms with Crippen LogP contribution in [0.1, 0.15) is 34.2 Å². The molecule has 1 atom stereocenters. The fourth-order valence-corrected chi connectivity index (χ4v) is 2.31. The third kappa shape index (κ3) is 2.48. The molecule has 8 heteroatoms. The first-order chi connectivity index (χ1) is 8.61. The SMILES string of the molecule is COC(=O)c1nc(NC(C)c2ncn[nH]2)sc1C. The fraction of sp³-hybridized carbons (Fsp3) is 0.400. The molecule has 0 amide bonds. The predicted octanol–water partition coefficient (Wildman–Crippen LogP) is 1.53. The lowest BCUT2D eigenvalue weighted by molar-refractivity contribution is 0.0594. The van der Waals surface area contributed by atoms with Crippen LogP contribution in [0, 0.1) is 6.92 Å². The summed E-state index contributed by atoms with van der Waals surface area (Å²) in [4.78, 5) is 20.5. The average molecular weight is 267 g/mol. The standard InChI is InChI=1S/C10H13N5O2S/c1-5(8-11-4-12-15-8)13-10-14-7(6(2)18-10)9(16)17-3/h4-5H,1-3H3,(H,13,14)(H,11,12,15). The summed E-state index contributed by atoms with van der Waals surface area (Å²) < 4.78 is 4.66. The largest absolute Gasteiger partial charge is 0.464 e. The van der Waals surface area contributed by atoms with Gasteiger partial charge in [0, 0.05) is 4.88 Å². The fourth-order valence-electron chi connectivity index (χ4n) is 1.42. The van der Waals surface area contributed by atoms with Crippen molar-refractivity contribution < 1.29 is 9.53 Å². The lowest BCUT2D eigenvalue weighted by Crippen LogP contribution is -2.09. The molecule has 0 aliphatic carbocycles. The van der Waals surface area contributed by atoms with Crippen LogP contribution in [0.2, 0.25) is 0 Å². The van der Waals surface area contributed by atoms with E-state index in [4.69, 9.17) is 0 Å². The first-order valence-corrected chi connectivity index (χ1v) is 6.11. The van der Waals surface area contributed by atoms with Crippen LogP contribution < -0.4 is 5.32 Å². The summed E-state index contributed by atoms with van der Waals surface area (Å²) in [7, 11) is 1.34. The Morgan fingerprint density at radius 3 is 3.00 bits per heavy atom. The summed E-state index contributed by atoms with van der Waals surface area (Å²) in [5, 5.41) is 10.4. The number of nitrogens with one attached hydrogen (secondary N) is 2. The second-order valence-corrected chi connectivity index (χ2v) is 4.86. The summed E-state index contributed by atoms with van der Waals surface area (Å²) in [5.74, 6) is 0.284. The molecule has 0 spiro atoms. The van der Waals surface area contributed by atoms with Gasteiger partial charge in [-0.2, -0.15) is 5.10 Å². The zero-order valence-corrected chi connectivity index (χ0v) is 11.0. The van der Waals surface area contributed by atoms with Crippen LogP contribution in [0.3, 0.4) is 0 Å². The van der Waals surface area contributed by atoms with E-state index in [2.05, 4.69) is 30.2 Å². The van der Waals surface area contributed by atoms with E-state index < -0.39 is 5.97 Å². The van der Waals surface area contributed by atoms with Crippen molar-refractivity contribution in [1.82, 2.24) is 20.2 Å². The zero-order chi connectivity index (χ0) is 13.1. The number of anilines is 1. The first kappa shape index (κ1) is 12.5. The van der Waals surface area contributed by atoms with Gasteiger partial charge in [-0.15, -0.1) is 11.3 Å². The second kappa shape index (κ2) is 5.13. The van der Waals surface area contributed by atoms with Crippen molar-refractivity contribution in [3.05, 3.63) is 22.7 Å². The molecule has 0 bridgehead atoms. The average Bonchev–Trinajstić information content (AvgIpc) is 2.97. The van der Waals surface area contributed by atoms with Crippen molar-refractivity contribution in [1.29, 1.82) is 0 Å². The van der Waals surface area contributed by atoms with E-state index in [1.165, 1.54) is 24.8 Å². The molecule has 0 saturated carbocycles. The monoisotopic (exact) mass is 267 g/mol. The molecule has 0 aliphatic rings.